The number of nitrogens with two attached hydrogens (primary N) is 1. The van der Waals surface area contributed by atoms with Gasteiger partial charge in [0.1, 0.15) is 11.6 Å². The number of anilines is 1. The first-order chi connectivity index (χ1) is 9.11. The fourth-order valence-electron chi connectivity index (χ4n) is 2.20. The molecule has 100 valence electrons. The van der Waals surface area contributed by atoms with Gasteiger partial charge in [-0.25, -0.2) is 9.37 Å². The van der Waals surface area contributed by atoms with E-state index >= 15 is 0 Å². The molecule has 1 heterocycles. The largest absolute Gasteiger partial charge is 0.383 e. The Morgan fingerprint density at radius 1 is 1.37 bits per heavy atom. The van der Waals surface area contributed by atoms with Crippen LogP contribution in [0.25, 0.3) is 0 Å². The molecule has 3 nitrogen and oxygen atoms in total. The van der Waals surface area contributed by atoms with Gasteiger partial charge in [-0.15, -0.1) is 0 Å². The minimum Gasteiger partial charge on any atom is -0.383 e. The molecule has 1 atom stereocenters. The molecule has 0 aliphatic rings. The lowest BCUT2D eigenvalue weighted by molar-refractivity contribution is 0.574. The van der Waals surface area contributed by atoms with Crippen molar-refractivity contribution in [1.82, 2.24) is 10.3 Å². The molecule has 19 heavy (non-hydrogen) atoms. The highest BCUT2D eigenvalue weighted by Gasteiger charge is 2.15. The zero-order chi connectivity index (χ0) is 13.8. The molecule has 0 aliphatic heterocycles. The van der Waals surface area contributed by atoms with E-state index in [-0.39, 0.29) is 11.9 Å². The van der Waals surface area contributed by atoms with Gasteiger partial charge in [-0.1, -0.05) is 12.1 Å². The van der Waals surface area contributed by atoms with Crippen LogP contribution in [0.2, 0.25) is 0 Å². The van der Waals surface area contributed by atoms with E-state index in [4.69, 9.17) is 5.73 Å². The summed E-state index contributed by atoms with van der Waals surface area (Å²) in [7, 11) is 1.86. The molecular formula is C15H18FN3. The van der Waals surface area contributed by atoms with Gasteiger partial charge in [0.2, 0.25) is 0 Å². The van der Waals surface area contributed by atoms with Crippen LogP contribution in [0.15, 0.2) is 36.5 Å². The first-order valence-electron chi connectivity index (χ1n) is 6.24. The second kappa shape index (κ2) is 5.80. The maximum Gasteiger partial charge on any atom is 0.126 e. The average Bonchev–Trinajstić information content (AvgIpc) is 2.41. The van der Waals surface area contributed by atoms with E-state index in [1.54, 1.807) is 18.3 Å². The second-order valence-corrected chi connectivity index (χ2v) is 4.59. The molecule has 1 aromatic heterocycles. The van der Waals surface area contributed by atoms with Crippen LogP contribution in [0, 0.1) is 12.7 Å². The predicted molar refractivity (Wildman–Crippen MR) is 75.3 cm³/mol. The van der Waals surface area contributed by atoms with Crippen LogP contribution in [0.3, 0.4) is 0 Å². The zero-order valence-electron chi connectivity index (χ0n) is 11.2. The van der Waals surface area contributed by atoms with Crippen molar-refractivity contribution in [3.63, 3.8) is 0 Å². The lowest BCUT2D eigenvalue weighted by Gasteiger charge is -2.19. The first-order valence-corrected chi connectivity index (χ1v) is 6.24. The molecule has 0 saturated carbocycles. The van der Waals surface area contributed by atoms with E-state index in [1.165, 1.54) is 6.07 Å². The van der Waals surface area contributed by atoms with E-state index in [2.05, 4.69) is 10.3 Å². The number of aromatic nitrogens is 1. The van der Waals surface area contributed by atoms with Crippen LogP contribution in [-0.2, 0) is 6.42 Å². The number of hydrogen-bond acceptors (Lipinski definition) is 3. The molecule has 3 N–H and O–H groups in total. The summed E-state index contributed by atoms with van der Waals surface area (Å²) in [6, 6.07) is 8.66. The summed E-state index contributed by atoms with van der Waals surface area (Å²) >= 11 is 0. The standard InChI is InChI=1S/C15H18FN3/c1-10-5-6-12(16)9-13(10)14(18-2)8-11-4-3-7-19-15(11)17/h3-7,9,14,18H,8H2,1-2H3,(H2,17,19). The molecule has 1 aromatic carbocycles. The van der Waals surface area contributed by atoms with Gasteiger partial charge in [0.25, 0.3) is 0 Å². The third kappa shape index (κ3) is 3.09. The summed E-state index contributed by atoms with van der Waals surface area (Å²) in [6.45, 7) is 1.98. The Morgan fingerprint density at radius 2 is 2.16 bits per heavy atom. The van der Waals surface area contributed by atoms with Gasteiger partial charge in [0.05, 0.1) is 0 Å². The molecule has 2 aromatic rings. The molecule has 0 aliphatic carbocycles. The number of nitrogen functional groups attached to an aromatic ring is 1. The highest BCUT2D eigenvalue weighted by atomic mass is 19.1. The molecule has 4 heteroatoms. The Kier molecular flexibility index (Phi) is 4.12. The lowest BCUT2D eigenvalue weighted by atomic mass is 9.95. The number of benzene rings is 1. The minimum absolute atomic E-state index is 0.0159. The smallest absolute Gasteiger partial charge is 0.126 e. The normalized spacial score (nSPS) is 12.4. The van der Waals surface area contributed by atoms with Gasteiger partial charge in [0, 0.05) is 12.2 Å². The van der Waals surface area contributed by atoms with E-state index in [9.17, 15) is 4.39 Å². The zero-order valence-corrected chi connectivity index (χ0v) is 11.2. The van der Waals surface area contributed by atoms with Gasteiger partial charge in [-0.2, -0.15) is 0 Å². The van der Waals surface area contributed by atoms with Crippen molar-refractivity contribution < 1.29 is 4.39 Å². The molecule has 0 radical (unpaired) electrons. The third-order valence-corrected chi connectivity index (χ3v) is 3.32. The molecule has 0 fully saturated rings. The van der Waals surface area contributed by atoms with Gasteiger partial charge in [-0.3, -0.25) is 0 Å². The van der Waals surface area contributed by atoms with Crippen molar-refractivity contribution in [2.75, 3.05) is 12.8 Å². The van der Waals surface area contributed by atoms with Crippen LogP contribution >= 0.6 is 0 Å². The van der Waals surface area contributed by atoms with Crippen LogP contribution in [0.5, 0.6) is 0 Å². The Labute approximate surface area is 112 Å². The van der Waals surface area contributed by atoms with Crippen molar-refractivity contribution in [2.45, 2.75) is 19.4 Å². The fraction of sp³-hybridized carbons (Fsp3) is 0.267. The SMILES string of the molecule is CNC(Cc1cccnc1N)c1cc(F)ccc1C. The lowest BCUT2D eigenvalue weighted by Crippen LogP contribution is -2.20. The number of pyridine rings is 1. The Bertz CT molecular complexity index is 569. The highest BCUT2D eigenvalue weighted by molar-refractivity contribution is 5.40. The Balaban J connectivity index is 2.30. The van der Waals surface area contributed by atoms with Gasteiger partial charge in [-0.05, 0) is 55.3 Å². The molecule has 0 spiro atoms. The van der Waals surface area contributed by atoms with Crippen LogP contribution in [-0.4, -0.2) is 12.0 Å². The van der Waals surface area contributed by atoms with Crippen molar-refractivity contribution in [3.05, 3.63) is 59.0 Å². The Morgan fingerprint density at radius 3 is 2.84 bits per heavy atom. The number of nitrogens with one attached hydrogen (secondary N) is 1. The maximum atomic E-state index is 13.4. The van der Waals surface area contributed by atoms with E-state index < -0.39 is 0 Å². The van der Waals surface area contributed by atoms with Gasteiger partial charge >= 0.3 is 0 Å². The number of likely N-dealkylation sites (N-methyl/N-ethyl adjacent to an activating group) is 1. The minimum atomic E-state index is -0.222. The van der Waals surface area contributed by atoms with Gasteiger partial charge < -0.3 is 11.1 Å². The molecule has 2 rings (SSSR count). The van der Waals surface area contributed by atoms with E-state index in [1.807, 2.05) is 26.1 Å². The number of halogens is 1. The average molecular weight is 259 g/mol. The molecule has 0 saturated heterocycles. The summed E-state index contributed by atoms with van der Waals surface area (Å²) in [6.07, 6.45) is 2.35. The monoisotopic (exact) mass is 259 g/mol. The van der Waals surface area contributed by atoms with Crippen molar-refractivity contribution >= 4 is 5.82 Å². The number of rotatable bonds is 4. The first kappa shape index (κ1) is 13.5. The molecule has 1 unspecified atom stereocenters. The summed E-state index contributed by atoms with van der Waals surface area (Å²) < 4.78 is 13.4. The third-order valence-electron chi connectivity index (χ3n) is 3.32. The van der Waals surface area contributed by atoms with Crippen molar-refractivity contribution in [2.24, 2.45) is 0 Å². The second-order valence-electron chi connectivity index (χ2n) is 4.59. The number of hydrogen-bond donors (Lipinski definition) is 2. The topological polar surface area (TPSA) is 50.9 Å². The fourth-order valence-corrected chi connectivity index (χ4v) is 2.20. The Hall–Kier alpha value is -1.94. The van der Waals surface area contributed by atoms with Crippen LogP contribution < -0.4 is 11.1 Å². The maximum absolute atomic E-state index is 13.4. The number of aryl methyl sites for hydroxylation is 1. The predicted octanol–water partition coefficient (Wildman–Crippen LogP) is 2.61. The van der Waals surface area contributed by atoms with Crippen LogP contribution in [0.1, 0.15) is 22.7 Å². The summed E-state index contributed by atoms with van der Waals surface area (Å²) in [5.74, 6) is 0.303. The van der Waals surface area contributed by atoms with E-state index in [0.29, 0.717) is 12.2 Å². The van der Waals surface area contributed by atoms with Crippen LogP contribution in [0.4, 0.5) is 10.2 Å². The quantitative estimate of drug-likeness (QED) is 0.887. The molecule has 0 bridgehead atoms. The highest BCUT2D eigenvalue weighted by Crippen LogP contribution is 2.24. The van der Waals surface area contributed by atoms with Gasteiger partial charge in [0.15, 0.2) is 0 Å². The van der Waals surface area contributed by atoms with Crippen molar-refractivity contribution in [1.29, 1.82) is 0 Å². The molecule has 0 amide bonds. The van der Waals surface area contributed by atoms with Crippen molar-refractivity contribution in [3.8, 4) is 0 Å². The summed E-state index contributed by atoms with van der Waals surface area (Å²) in [5.41, 5.74) is 8.83. The number of nitrogens with zero attached hydrogens (tertiary/aromatic N) is 1. The summed E-state index contributed by atoms with van der Waals surface area (Å²) in [4.78, 5) is 4.08. The van der Waals surface area contributed by atoms with E-state index in [0.717, 1.165) is 16.7 Å². The molecular weight excluding hydrogens is 241 g/mol. The summed E-state index contributed by atoms with van der Waals surface area (Å²) in [5, 5.41) is 3.21.